The van der Waals surface area contributed by atoms with Gasteiger partial charge in [-0.25, -0.2) is 0 Å². The Hall–Kier alpha value is -0.120. The highest BCUT2D eigenvalue weighted by Gasteiger charge is 2.25. The molecule has 60 valence electrons. The van der Waals surface area contributed by atoms with Crippen LogP contribution in [0.15, 0.2) is 0 Å². The van der Waals surface area contributed by atoms with Crippen LogP contribution in [0, 0.1) is 0 Å². The van der Waals surface area contributed by atoms with E-state index < -0.39 is 0 Å². The summed E-state index contributed by atoms with van der Waals surface area (Å²) in [6.07, 6.45) is 1.97. The quantitative estimate of drug-likeness (QED) is 0.582. The number of hydrogen-bond donors (Lipinski definition) is 2. The summed E-state index contributed by atoms with van der Waals surface area (Å²) in [6, 6.07) is 0. The molecule has 0 aromatic heterocycles. The first-order chi connectivity index (χ1) is 4.84. The van der Waals surface area contributed by atoms with Crippen molar-refractivity contribution in [2.75, 3.05) is 13.2 Å². The zero-order valence-corrected chi connectivity index (χ0v) is 5.99. The molecule has 0 bridgehead atoms. The number of ether oxygens (including phenoxy) is 1. The highest BCUT2D eigenvalue weighted by atomic mass is 16.5. The van der Waals surface area contributed by atoms with Gasteiger partial charge in [0.15, 0.2) is 0 Å². The second-order valence-electron chi connectivity index (χ2n) is 2.63. The average Bonchev–Trinajstić information content (AvgIpc) is 1.79. The van der Waals surface area contributed by atoms with Crippen LogP contribution in [0.4, 0.5) is 0 Å². The van der Waals surface area contributed by atoms with Crippen molar-refractivity contribution >= 4 is 0 Å². The molecule has 1 aliphatic rings. The molecule has 1 saturated heterocycles. The molecule has 2 atom stereocenters. The smallest absolute Gasteiger partial charge is 0.0855 e. The van der Waals surface area contributed by atoms with Gasteiger partial charge in [0.25, 0.3) is 0 Å². The van der Waals surface area contributed by atoms with E-state index in [1.807, 2.05) is 0 Å². The lowest BCUT2D eigenvalue weighted by Gasteiger charge is -2.30. The molecule has 1 rings (SSSR count). The summed E-state index contributed by atoms with van der Waals surface area (Å²) in [5.74, 6) is 0. The van der Waals surface area contributed by atoms with E-state index in [0.717, 1.165) is 13.0 Å². The van der Waals surface area contributed by atoms with Crippen molar-refractivity contribution in [1.82, 2.24) is 0 Å². The van der Waals surface area contributed by atoms with E-state index in [4.69, 9.17) is 9.84 Å². The molecule has 0 aromatic rings. The summed E-state index contributed by atoms with van der Waals surface area (Å²) in [6.45, 7) is 0.935. The third-order valence-corrected chi connectivity index (χ3v) is 1.82. The van der Waals surface area contributed by atoms with Crippen LogP contribution in [0.2, 0.25) is 0 Å². The molecular formula is C7H14O3. The molecule has 2 unspecified atom stereocenters. The van der Waals surface area contributed by atoms with Crippen LogP contribution in [-0.4, -0.2) is 35.6 Å². The fraction of sp³-hybridized carbons (Fsp3) is 1.00. The van der Waals surface area contributed by atoms with Crippen LogP contribution in [-0.2, 0) is 4.74 Å². The summed E-state index contributed by atoms with van der Waals surface area (Å²) in [5.41, 5.74) is 0. The van der Waals surface area contributed by atoms with Gasteiger partial charge in [-0.1, -0.05) is 0 Å². The van der Waals surface area contributed by atoms with Gasteiger partial charge >= 0.3 is 0 Å². The van der Waals surface area contributed by atoms with Gasteiger partial charge in [-0.3, -0.25) is 0 Å². The molecule has 3 heteroatoms. The number of aliphatic hydroxyl groups is 2. The first-order valence-electron chi connectivity index (χ1n) is 3.75. The highest BCUT2D eigenvalue weighted by molar-refractivity contribution is 4.74. The van der Waals surface area contributed by atoms with E-state index in [0.29, 0.717) is 12.8 Å². The second kappa shape index (κ2) is 3.91. The Morgan fingerprint density at radius 1 is 1.60 bits per heavy atom. The van der Waals surface area contributed by atoms with Gasteiger partial charge in [0, 0.05) is 13.2 Å². The van der Waals surface area contributed by atoms with Crippen molar-refractivity contribution in [3.63, 3.8) is 0 Å². The molecular weight excluding hydrogens is 132 g/mol. The number of rotatable bonds is 4. The summed E-state index contributed by atoms with van der Waals surface area (Å²) >= 11 is 0. The van der Waals surface area contributed by atoms with E-state index >= 15 is 0 Å². The van der Waals surface area contributed by atoms with Gasteiger partial charge in [0.1, 0.15) is 0 Å². The Morgan fingerprint density at radius 2 is 2.30 bits per heavy atom. The van der Waals surface area contributed by atoms with Crippen LogP contribution in [0.3, 0.4) is 0 Å². The van der Waals surface area contributed by atoms with Crippen molar-refractivity contribution < 1.29 is 14.9 Å². The molecule has 10 heavy (non-hydrogen) atoms. The molecule has 0 saturated carbocycles. The third kappa shape index (κ3) is 1.94. The number of aliphatic hydroxyl groups excluding tert-OH is 2. The molecule has 0 radical (unpaired) electrons. The minimum Gasteiger partial charge on any atom is -0.396 e. The molecule has 0 aromatic carbocycles. The van der Waals surface area contributed by atoms with Gasteiger partial charge in [-0.05, 0) is 19.3 Å². The van der Waals surface area contributed by atoms with Gasteiger partial charge in [-0.15, -0.1) is 0 Å². The summed E-state index contributed by atoms with van der Waals surface area (Å²) < 4.78 is 5.06. The molecule has 0 spiro atoms. The molecule has 1 aliphatic heterocycles. The molecule has 1 fully saturated rings. The molecule has 3 nitrogen and oxygen atoms in total. The van der Waals surface area contributed by atoms with Crippen LogP contribution in [0.1, 0.15) is 19.3 Å². The molecule has 0 amide bonds. The SMILES string of the molecule is OCCCC(O)C1CCO1. The lowest BCUT2D eigenvalue weighted by atomic mass is 10.0. The lowest BCUT2D eigenvalue weighted by molar-refractivity contribution is -0.119. The maximum Gasteiger partial charge on any atom is 0.0855 e. The Kier molecular flexibility index (Phi) is 3.12. The van der Waals surface area contributed by atoms with Crippen molar-refractivity contribution in [3.8, 4) is 0 Å². The Bertz CT molecular complexity index is 90.9. The van der Waals surface area contributed by atoms with E-state index in [9.17, 15) is 5.11 Å². The van der Waals surface area contributed by atoms with Crippen LogP contribution in [0.5, 0.6) is 0 Å². The Balaban J connectivity index is 2.02. The highest BCUT2D eigenvalue weighted by Crippen LogP contribution is 2.17. The van der Waals surface area contributed by atoms with Gasteiger partial charge in [0.05, 0.1) is 12.2 Å². The molecule has 1 heterocycles. The van der Waals surface area contributed by atoms with Gasteiger partial charge < -0.3 is 14.9 Å². The predicted molar refractivity (Wildman–Crippen MR) is 36.7 cm³/mol. The number of hydrogen-bond acceptors (Lipinski definition) is 3. The van der Waals surface area contributed by atoms with E-state index in [1.165, 1.54) is 0 Å². The monoisotopic (exact) mass is 146 g/mol. The molecule has 0 aliphatic carbocycles. The van der Waals surface area contributed by atoms with E-state index in [1.54, 1.807) is 0 Å². The standard InChI is InChI=1S/C7H14O3/c8-4-1-2-6(9)7-3-5-10-7/h6-9H,1-5H2. The van der Waals surface area contributed by atoms with Crippen molar-refractivity contribution in [2.45, 2.75) is 31.5 Å². The minimum absolute atomic E-state index is 0.0477. The zero-order valence-electron chi connectivity index (χ0n) is 5.99. The van der Waals surface area contributed by atoms with Crippen LogP contribution in [0.25, 0.3) is 0 Å². The van der Waals surface area contributed by atoms with Gasteiger partial charge in [-0.2, -0.15) is 0 Å². The fourth-order valence-corrected chi connectivity index (χ4v) is 1.04. The fourth-order valence-electron chi connectivity index (χ4n) is 1.04. The maximum atomic E-state index is 9.26. The van der Waals surface area contributed by atoms with E-state index in [2.05, 4.69) is 0 Å². The maximum absolute atomic E-state index is 9.26. The first-order valence-corrected chi connectivity index (χ1v) is 3.75. The first kappa shape index (κ1) is 7.98. The van der Waals surface area contributed by atoms with Crippen molar-refractivity contribution in [3.05, 3.63) is 0 Å². The summed E-state index contributed by atoms with van der Waals surface area (Å²) in [4.78, 5) is 0. The Labute approximate surface area is 60.6 Å². The normalized spacial score (nSPS) is 27.6. The van der Waals surface area contributed by atoms with Crippen LogP contribution >= 0.6 is 0 Å². The average molecular weight is 146 g/mol. The predicted octanol–water partition coefficient (Wildman–Crippen LogP) is -0.0913. The lowest BCUT2D eigenvalue weighted by Crippen LogP contribution is -2.38. The largest absolute Gasteiger partial charge is 0.396 e. The summed E-state index contributed by atoms with van der Waals surface area (Å²) in [7, 11) is 0. The molecule has 2 N–H and O–H groups in total. The minimum atomic E-state index is -0.360. The van der Waals surface area contributed by atoms with Gasteiger partial charge in [0.2, 0.25) is 0 Å². The van der Waals surface area contributed by atoms with Crippen molar-refractivity contribution in [1.29, 1.82) is 0 Å². The van der Waals surface area contributed by atoms with Crippen molar-refractivity contribution in [2.24, 2.45) is 0 Å². The van der Waals surface area contributed by atoms with Crippen LogP contribution < -0.4 is 0 Å². The van der Waals surface area contributed by atoms with E-state index in [-0.39, 0.29) is 18.8 Å². The Morgan fingerprint density at radius 3 is 2.70 bits per heavy atom. The third-order valence-electron chi connectivity index (χ3n) is 1.82. The zero-order chi connectivity index (χ0) is 7.40. The topological polar surface area (TPSA) is 49.7 Å². The second-order valence-corrected chi connectivity index (χ2v) is 2.63. The summed E-state index contributed by atoms with van der Waals surface area (Å²) in [5, 5.41) is 17.7.